The van der Waals surface area contributed by atoms with E-state index in [1.807, 2.05) is 30.3 Å². The van der Waals surface area contributed by atoms with Gasteiger partial charge in [-0.2, -0.15) is 5.10 Å². The summed E-state index contributed by atoms with van der Waals surface area (Å²) in [4.78, 5) is 15.1. The van der Waals surface area contributed by atoms with Gasteiger partial charge in [-0.25, -0.2) is 14.5 Å². The third kappa shape index (κ3) is 2.78. The van der Waals surface area contributed by atoms with Crippen LogP contribution < -0.4 is 0 Å². The van der Waals surface area contributed by atoms with Crippen molar-refractivity contribution >= 4 is 17.6 Å². The van der Waals surface area contributed by atoms with E-state index >= 15 is 0 Å². The Balaban J connectivity index is 1.89. The number of hydrogen-bond acceptors (Lipinski definition) is 3. The van der Waals surface area contributed by atoms with Crippen molar-refractivity contribution < 1.29 is 9.90 Å². The Kier molecular flexibility index (Phi) is 3.41. The molecule has 6 heteroatoms. The summed E-state index contributed by atoms with van der Waals surface area (Å²) >= 11 is 5.86. The zero-order valence-electron chi connectivity index (χ0n) is 10.8. The van der Waals surface area contributed by atoms with Gasteiger partial charge >= 0.3 is 5.97 Å². The molecule has 2 aromatic heterocycles. The molecule has 104 valence electrons. The van der Waals surface area contributed by atoms with Crippen LogP contribution in [0.5, 0.6) is 0 Å². The lowest BCUT2D eigenvalue weighted by molar-refractivity contribution is 0.0697. The van der Waals surface area contributed by atoms with Gasteiger partial charge in [0.2, 0.25) is 0 Å². The average Bonchev–Trinajstić information content (AvgIpc) is 2.98. The second-order valence-electron chi connectivity index (χ2n) is 4.39. The Morgan fingerprint density at radius 2 is 1.76 bits per heavy atom. The topological polar surface area (TPSA) is 68.0 Å². The molecule has 2 heterocycles. The Labute approximate surface area is 125 Å². The van der Waals surface area contributed by atoms with E-state index in [0.717, 1.165) is 11.1 Å². The molecule has 3 rings (SSSR count). The summed E-state index contributed by atoms with van der Waals surface area (Å²) in [6, 6.07) is 11.1. The molecular weight excluding hydrogens is 290 g/mol. The van der Waals surface area contributed by atoms with Gasteiger partial charge in [0.05, 0.1) is 11.8 Å². The number of carboxylic acids is 1. The molecule has 0 bridgehead atoms. The van der Waals surface area contributed by atoms with Crippen molar-refractivity contribution in [2.45, 2.75) is 0 Å². The number of halogens is 1. The number of benzene rings is 1. The first-order valence-electron chi connectivity index (χ1n) is 6.14. The van der Waals surface area contributed by atoms with Crippen LogP contribution in [0, 0.1) is 0 Å². The highest BCUT2D eigenvalue weighted by atomic mass is 35.5. The number of pyridine rings is 1. The van der Waals surface area contributed by atoms with Crippen molar-refractivity contribution in [3.05, 3.63) is 65.6 Å². The van der Waals surface area contributed by atoms with Gasteiger partial charge in [-0.1, -0.05) is 23.7 Å². The maximum Gasteiger partial charge on any atom is 0.338 e. The van der Waals surface area contributed by atoms with Crippen molar-refractivity contribution in [3.8, 4) is 16.9 Å². The fraction of sp³-hybridized carbons (Fsp3) is 0. The lowest BCUT2D eigenvalue weighted by Crippen LogP contribution is -1.98. The molecule has 3 aromatic rings. The number of aromatic carboxylic acids is 1. The van der Waals surface area contributed by atoms with E-state index in [0.29, 0.717) is 10.8 Å². The fourth-order valence-corrected chi connectivity index (χ4v) is 2.02. The predicted octanol–water partition coefficient (Wildman–Crippen LogP) is 3.29. The van der Waals surface area contributed by atoms with E-state index < -0.39 is 5.97 Å². The van der Waals surface area contributed by atoms with Crippen LogP contribution in [0.2, 0.25) is 5.02 Å². The predicted molar refractivity (Wildman–Crippen MR) is 78.8 cm³/mol. The second-order valence-corrected chi connectivity index (χ2v) is 4.83. The van der Waals surface area contributed by atoms with Crippen LogP contribution in [-0.2, 0) is 0 Å². The second kappa shape index (κ2) is 5.38. The van der Waals surface area contributed by atoms with Gasteiger partial charge < -0.3 is 5.11 Å². The number of rotatable bonds is 3. The van der Waals surface area contributed by atoms with E-state index in [4.69, 9.17) is 16.7 Å². The molecule has 21 heavy (non-hydrogen) atoms. The van der Waals surface area contributed by atoms with E-state index in [1.54, 1.807) is 12.3 Å². The summed E-state index contributed by atoms with van der Waals surface area (Å²) in [7, 11) is 0. The normalized spacial score (nSPS) is 10.5. The molecule has 1 aromatic carbocycles. The first-order chi connectivity index (χ1) is 10.1. The Morgan fingerprint density at radius 1 is 1.05 bits per heavy atom. The van der Waals surface area contributed by atoms with Crippen molar-refractivity contribution in [1.82, 2.24) is 14.8 Å². The molecule has 0 aliphatic heterocycles. The third-order valence-electron chi connectivity index (χ3n) is 2.99. The fourth-order valence-electron chi connectivity index (χ4n) is 1.89. The molecule has 0 fully saturated rings. The molecule has 0 aliphatic carbocycles. The maximum atomic E-state index is 10.8. The summed E-state index contributed by atoms with van der Waals surface area (Å²) in [6.45, 7) is 0. The molecule has 0 unspecified atom stereocenters. The molecule has 0 saturated heterocycles. The standard InChI is InChI=1S/C15H10ClN3O2/c16-13-4-1-10(2-5-13)11-3-6-14(17-7-11)19-9-12(8-18-19)15(20)21/h1-9H,(H,20,21). The minimum Gasteiger partial charge on any atom is -0.478 e. The Morgan fingerprint density at radius 3 is 2.33 bits per heavy atom. The summed E-state index contributed by atoms with van der Waals surface area (Å²) < 4.78 is 1.43. The van der Waals surface area contributed by atoms with Gasteiger partial charge in [-0.05, 0) is 29.8 Å². The summed E-state index contributed by atoms with van der Waals surface area (Å²) in [5.41, 5.74) is 2.07. The zero-order chi connectivity index (χ0) is 14.8. The SMILES string of the molecule is O=C(O)c1cnn(-c2ccc(-c3ccc(Cl)cc3)cn2)c1. The Bertz CT molecular complexity index is 779. The molecule has 0 atom stereocenters. The van der Waals surface area contributed by atoms with Gasteiger partial charge in [0, 0.05) is 23.0 Å². The number of aromatic nitrogens is 3. The van der Waals surface area contributed by atoms with Gasteiger partial charge in [0.25, 0.3) is 0 Å². The van der Waals surface area contributed by atoms with Crippen LogP contribution >= 0.6 is 11.6 Å². The average molecular weight is 300 g/mol. The minimum absolute atomic E-state index is 0.124. The highest BCUT2D eigenvalue weighted by Crippen LogP contribution is 2.21. The van der Waals surface area contributed by atoms with Crippen molar-refractivity contribution in [1.29, 1.82) is 0 Å². The van der Waals surface area contributed by atoms with Gasteiger partial charge in [-0.15, -0.1) is 0 Å². The van der Waals surface area contributed by atoms with Crippen molar-refractivity contribution in [3.63, 3.8) is 0 Å². The molecule has 0 spiro atoms. The third-order valence-corrected chi connectivity index (χ3v) is 3.24. The largest absolute Gasteiger partial charge is 0.478 e. The molecule has 5 nitrogen and oxygen atoms in total. The number of hydrogen-bond donors (Lipinski definition) is 1. The summed E-state index contributed by atoms with van der Waals surface area (Å²) in [5, 5.41) is 13.5. The maximum absolute atomic E-state index is 10.8. The van der Waals surface area contributed by atoms with E-state index in [9.17, 15) is 4.79 Å². The number of carbonyl (C=O) groups is 1. The van der Waals surface area contributed by atoms with Crippen LogP contribution in [0.3, 0.4) is 0 Å². The van der Waals surface area contributed by atoms with Crippen molar-refractivity contribution in [2.75, 3.05) is 0 Å². The van der Waals surface area contributed by atoms with Crippen LogP contribution in [-0.4, -0.2) is 25.8 Å². The summed E-state index contributed by atoms with van der Waals surface area (Å²) in [6.07, 6.45) is 4.42. The molecule has 0 radical (unpaired) electrons. The molecular formula is C15H10ClN3O2. The lowest BCUT2D eigenvalue weighted by atomic mass is 10.1. The van der Waals surface area contributed by atoms with E-state index in [2.05, 4.69) is 10.1 Å². The molecule has 1 N–H and O–H groups in total. The van der Waals surface area contributed by atoms with Crippen LogP contribution in [0.15, 0.2) is 55.0 Å². The van der Waals surface area contributed by atoms with Crippen LogP contribution in [0.25, 0.3) is 16.9 Å². The minimum atomic E-state index is -1.01. The smallest absolute Gasteiger partial charge is 0.338 e. The van der Waals surface area contributed by atoms with Crippen LogP contribution in [0.4, 0.5) is 0 Å². The van der Waals surface area contributed by atoms with Gasteiger partial charge in [0.15, 0.2) is 5.82 Å². The van der Waals surface area contributed by atoms with Crippen LogP contribution in [0.1, 0.15) is 10.4 Å². The first-order valence-corrected chi connectivity index (χ1v) is 6.51. The van der Waals surface area contributed by atoms with Crippen molar-refractivity contribution in [2.24, 2.45) is 0 Å². The lowest BCUT2D eigenvalue weighted by Gasteiger charge is -2.04. The molecule has 0 saturated carbocycles. The van der Waals surface area contributed by atoms with Gasteiger partial charge in [-0.3, -0.25) is 0 Å². The van der Waals surface area contributed by atoms with E-state index in [1.165, 1.54) is 17.1 Å². The highest BCUT2D eigenvalue weighted by molar-refractivity contribution is 6.30. The van der Waals surface area contributed by atoms with E-state index in [-0.39, 0.29) is 5.56 Å². The number of carboxylic acid groups (broad SMARTS) is 1. The highest BCUT2D eigenvalue weighted by Gasteiger charge is 2.08. The first kappa shape index (κ1) is 13.3. The quantitative estimate of drug-likeness (QED) is 0.806. The Hall–Kier alpha value is -2.66. The molecule has 0 aliphatic rings. The zero-order valence-corrected chi connectivity index (χ0v) is 11.5. The monoisotopic (exact) mass is 299 g/mol. The van der Waals surface area contributed by atoms with Gasteiger partial charge in [0.1, 0.15) is 0 Å². The molecule has 0 amide bonds. The summed E-state index contributed by atoms with van der Waals surface area (Å²) in [5.74, 6) is -0.459. The number of nitrogens with zero attached hydrogens (tertiary/aromatic N) is 3.